The number of alkyl halides is 1. The summed E-state index contributed by atoms with van der Waals surface area (Å²) in [5, 5.41) is 17.9. The van der Waals surface area contributed by atoms with Crippen LogP contribution in [0.2, 0.25) is 0 Å². The third kappa shape index (κ3) is 4.04. The standard InChI is InChI=1S/C17H16BrN3O2/c1-3-4-5-14(10-18)12(2)16-11-21(20-19-16)15-8-6-13(7-9-15)17(22)23/h3-9,11H,1,10H2,2H3,(H,22,23)/b5-4-,14-12-. The van der Waals surface area contributed by atoms with E-state index in [1.54, 1.807) is 35.0 Å². The predicted molar refractivity (Wildman–Crippen MR) is 94.0 cm³/mol. The fraction of sp³-hybridized carbons (Fsp3) is 0.118. The molecule has 0 amide bonds. The molecule has 5 nitrogen and oxygen atoms in total. The van der Waals surface area contributed by atoms with E-state index in [2.05, 4.69) is 32.8 Å². The fourth-order valence-corrected chi connectivity index (χ4v) is 2.54. The number of allylic oxidation sites excluding steroid dienone is 5. The van der Waals surface area contributed by atoms with E-state index in [9.17, 15) is 4.79 Å². The van der Waals surface area contributed by atoms with Gasteiger partial charge in [0.25, 0.3) is 0 Å². The molecule has 0 fully saturated rings. The molecule has 0 aliphatic rings. The highest BCUT2D eigenvalue weighted by atomic mass is 79.9. The Labute approximate surface area is 142 Å². The minimum Gasteiger partial charge on any atom is -0.478 e. The molecular formula is C17H16BrN3O2. The van der Waals surface area contributed by atoms with Crippen LogP contribution < -0.4 is 0 Å². The molecule has 1 aromatic heterocycles. The van der Waals surface area contributed by atoms with Gasteiger partial charge in [-0.25, -0.2) is 9.48 Å². The molecule has 1 aromatic carbocycles. The van der Waals surface area contributed by atoms with Crippen molar-refractivity contribution in [2.24, 2.45) is 0 Å². The van der Waals surface area contributed by atoms with Gasteiger partial charge >= 0.3 is 5.97 Å². The molecule has 1 N–H and O–H groups in total. The molecule has 0 unspecified atom stereocenters. The third-order valence-corrected chi connectivity index (χ3v) is 3.92. The van der Waals surface area contributed by atoms with Gasteiger partial charge in [-0.2, -0.15) is 0 Å². The minimum atomic E-state index is -0.953. The molecular weight excluding hydrogens is 358 g/mol. The molecule has 0 bridgehead atoms. The number of carbonyl (C=O) groups is 1. The van der Waals surface area contributed by atoms with Crippen molar-refractivity contribution in [3.05, 3.63) is 72.1 Å². The van der Waals surface area contributed by atoms with Crippen LogP contribution in [0.3, 0.4) is 0 Å². The molecule has 0 aliphatic carbocycles. The van der Waals surface area contributed by atoms with Gasteiger partial charge in [0, 0.05) is 5.33 Å². The lowest BCUT2D eigenvalue weighted by molar-refractivity contribution is 0.0697. The Morgan fingerprint density at radius 1 is 1.39 bits per heavy atom. The van der Waals surface area contributed by atoms with Crippen LogP contribution in [-0.4, -0.2) is 31.4 Å². The summed E-state index contributed by atoms with van der Waals surface area (Å²) in [4.78, 5) is 10.9. The van der Waals surface area contributed by atoms with E-state index in [1.165, 1.54) is 0 Å². The molecule has 118 valence electrons. The normalized spacial score (nSPS) is 12.3. The highest BCUT2D eigenvalue weighted by Crippen LogP contribution is 2.20. The van der Waals surface area contributed by atoms with Crippen LogP contribution in [0.5, 0.6) is 0 Å². The second-order valence-electron chi connectivity index (χ2n) is 4.78. The fourth-order valence-electron chi connectivity index (χ4n) is 1.94. The zero-order valence-corrected chi connectivity index (χ0v) is 14.2. The number of carboxylic acid groups (broad SMARTS) is 1. The zero-order chi connectivity index (χ0) is 16.8. The van der Waals surface area contributed by atoms with Crippen molar-refractivity contribution in [2.75, 3.05) is 5.33 Å². The summed E-state index contributed by atoms with van der Waals surface area (Å²) < 4.78 is 1.62. The average Bonchev–Trinajstić information content (AvgIpc) is 3.05. The van der Waals surface area contributed by atoms with Gasteiger partial charge in [0.15, 0.2) is 0 Å². The number of carboxylic acids is 1. The van der Waals surface area contributed by atoms with Crippen molar-refractivity contribution >= 4 is 27.5 Å². The maximum atomic E-state index is 10.9. The van der Waals surface area contributed by atoms with E-state index < -0.39 is 5.97 Å². The highest BCUT2D eigenvalue weighted by molar-refractivity contribution is 9.09. The number of halogens is 1. The Morgan fingerprint density at radius 2 is 2.09 bits per heavy atom. The average molecular weight is 374 g/mol. The Kier molecular flexibility index (Phi) is 5.65. The van der Waals surface area contributed by atoms with E-state index in [4.69, 9.17) is 5.11 Å². The van der Waals surface area contributed by atoms with Crippen LogP contribution in [0.4, 0.5) is 0 Å². The second kappa shape index (κ2) is 7.69. The SMILES string of the molecule is C=C/C=C\C(CBr)=C(/C)c1cn(-c2ccc(C(=O)O)cc2)nn1. The first kappa shape index (κ1) is 16.9. The zero-order valence-electron chi connectivity index (χ0n) is 12.6. The number of nitrogens with zero attached hydrogens (tertiary/aromatic N) is 3. The minimum absolute atomic E-state index is 0.237. The summed E-state index contributed by atoms with van der Waals surface area (Å²) in [5.74, 6) is -0.953. The van der Waals surface area contributed by atoms with E-state index in [0.717, 1.165) is 22.5 Å². The summed E-state index contributed by atoms with van der Waals surface area (Å²) in [5.41, 5.74) is 3.84. The van der Waals surface area contributed by atoms with Gasteiger partial charge in [0.1, 0.15) is 5.69 Å². The summed E-state index contributed by atoms with van der Waals surface area (Å²) in [6.45, 7) is 5.64. The van der Waals surface area contributed by atoms with Gasteiger partial charge in [-0.1, -0.05) is 46.0 Å². The molecule has 0 aliphatic heterocycles. The van der Waals surface area contributed by atoms with E-state index in [-0.39, 0.29) is 5.56 Å². The summed E-state index contributed by atoms with van der Waals surface area (Å²) in [7, 11) is 0. The summed E-state index contributed by atoms with van der Waals surface area (Å²) >= 11 is 3.46. The first-order valence-electron chi connectivity index (χ1n) is 6.88. The van der Waals surface area contributed by atoms with Gasteiger partial charge in [-0.3, -0.25) is 0 Å². The van der Waals surface area contributed by atoms with E-state index in [0.29, 0.717) is 5.33 Å². The topological polar surface area (TPSA) is 68.0 Å². The summed E-state index contributed by atoms with van der Waals surface area (Å²) in [6, 6.07) is 6.48. The lowest BCUT2D eigenvalue weighted by atomic mass is 10.1. The molecule has 6 heteroatoms. The van der Waals surface area contributed by atoms with Gasteiger partial charge in [0.2, 0.25) is 0 Å². The highest BCUT2D eigenvalue weighted by Gasteiger charge is 2.08. The largest absolute Gasteiger partial charge is 0.478 e. The van der Waals surface area contributed by atoms with Crippen molar-refractivity contribution in [3.8, 4) is 5.69 Å². The maximum Gasteiger partial charge on any atom is 0.335 e. The van der Waals surface area contributed by atoms with E-state index in [1.807, 2.05) is 25.3 Å². The van der Waals surface area contributed by atoms with Crippen LogP contribution in [0.1, 0.15) is 23.0 Å². The van der Waals surface area contributed by atoms with Crippen LogP contribution in [0.25, 0.3) is 11.3 Å². The van der Waals surface area contributed by atoms with Crippen molar-refractivity contribution in [1.29, 1.82) is 0 Å². The van der Waals surface area contributed by atoms with Crippen LogP contribution >= 0.6 is 15.9 Å². The Balaban J connectivity index is 2.32. The first-order chi connectivity index (χ1) is 11.1. The number of hydrogen-bond donors (Lipinski definition) is 1. The predicted octanol–water partition coefficient (Wildman–Crippen LogP) is 3.88. The molecule has 2 rings (SSSR count). The molecule has 0 saturated heterocycles. The van der Waals surface area contributed by atoms with Crippen molar-refractivity contribution in [2.45, 2.75) is 6.92 Å². The number of rotatable bonds is 6. The molecule has 0 saturated carbocycles. The van der Waals surface area contributed by atoms with Crippen molar-refractivity contribution in [1.82, 2.24) is 15.0 Å². The first-order valence-corrected chi connectivity index (χ1v) is 8.00. The van der Waals surface area contributed by atoms with Gasteiger partial charge in [-0.05, 0) is 42.3 Å². The van der Waals surface area contributed by atoms with E-state index >= 15 is 0 Å². The lowest BCUT2D eigenvalue weighted by Gasteiger charge is -2.02. The molecule has 0 radical (unpaired) electrons. The lowest BCUT2D eigenvalue weighted by Crippen LogP contribution is -1.98. The molecule has 23 heavy (non-hydrogen) atoms. The Hall–Kier alpha value is -2.47. The van der Waals surface area contributed by atoms with Crippen molar-refractivity contribution < 1.29 is 9.90 Å². The van der Waals surface area contributed by atoms with Crippen LogP contribution in [0, 0.1) is 0 Å². The maximum absolute atomic E-state index is 10.9. The third-order valence-electron chi connectivity index (χ3n) is 3.32. The monoisotopic (exact) mass is 373 g/mol. The summed E-state index contributed by atoms with van der Waals surface area (Å²) in [6.07, 6.45) is 7.37. The number of benzene rings is 1. The molecule has 0 spiro atoms. The Bertz CT molecular complexity index is 773. The number of aromatic nitrogens is 3. The van der Waals surface area contributed by atoms with Gasteiger partial charge in [0.05, 0.1) is 17.4 Å². The second-order valence-corrected chi connectivity index (χ2v) is 5.34. The quantitative estimate of drug-likeness (QED) is 0.616. The van der Waals surface area contributed by atoms with Gasteiger partial charge < -0.3 is 5.11 Å². The number of hydrogen-bond acceptors (Lipinski definition) is 3. The van der Waals surface area contributed by atoms with Crippen LogP contribution in [-0.2, 0) is 0 Å². The number of aromatic carboxylic acids is 1. The molecule has 1 heterocycles. The van der Waals surface area contributed by atoms with Gasteiger partial charge in [-0.15, -0.1) is 5.10 Å². The Morgan fingerprint density at radius 3 is 2.65 bits per heavy atom. The smallest absolute Gasteiger partial charge is 0.335 e. The molecule has 2 aromatic rings. The van der Waals surface area contributed by atoms with Crippen molar-refractivity contribution in [3.63, 3.8) is 0 Å². The van der Waals surface area contributed by atoms with Crippen LogP contribution in [0.15, 0.2) is 60.8 Å². The molecule has 0 atom stereocenters.